The van der Waals surface area contributed by atoms with Gasteiger partial charge in [0.15, 0.2) is 0 Å². The van der Waals surface area contributed by atoms with E-state index in [4.69, 9.17) is 34.8 Å². The molecule has 0 unspecified atom stereocenters. The third-order valence-corrected chi connectivity index (χ3v) is 9.51. The van der Waals surface area contributed by atoms with E-state index in [1.54, 1.807) is 61.5 Å². The molecule has 0 saturated heterocycles. The maximum Gasteiger partial charge on any atom is 0.264 e. The second-order valence-electron chi connectivity index (χ2n) is 9.83. The Bertz CT molecular complexity index is 1700. The summed E-state index contributed by atoms with van der Waals surface area (Å²) in [5.74, 6) is -1.02. The number of rotatable bonds is 11. The van der Waals surface area contributed by atoms with Crippen LogP contribution in [0.4, 0.5) is 5.69 Å². The fraction of sp³-hybridized carbons (Fsp3) is 0.188. The van der Waals surface area contributed by atoms with Crippen LogP contribution in [0.15, 0.2) is 102 Å². The van der Waals surface area contributed by atoms with Crippen LogP contribution < -0.4 is 9.62 Å². The lowest BCUT2D eigenvalue weighted by Crippen LogP contribution is -2.53. The molecule has 11 heteroatoms. The van der Waals surface area contributed by atoms with E-state index in [-0.39, 0.29) is 23.5 Å². The van der Waals surface area contributed by atoms with Gasteiger partial charge in [-0.25, -0.2) is 8.42 Å². The summed E-state index contributed by atoms with van der Waals surface area (Å²) in [6, 6.07) is 25.7. The zero-order valence-corrected chi connectivity index (χ0v) is 26.6. The van der Waals surface area contributed by atoms with Gasteiger partial charge in [0.1, 0.15) is 12.6 Å². The zero-order chi connectivity index (χ0) is 31.1. The molecule has 0 aliphatic carbocycles. The largest absolute Gasteiger partial charge is 0.357 e. The smallest absolute Gasteiger partial charge is 0.264 e. The van der Waals surface area contributed by atoms with Crippen LogP contribution in [-0.2, 0) is 32.6 Å². The van der Waals surface area contributed by atoms with Gasteiger partial charge in [0.2, 0.25) is 11.8 Å². The van der Waals surface area contributed by atoms with Crippen LogP contribution >= 0.6 is 34.8 Å². The Kier molecular flexibility index (Phi) is 10.7. The van der Waals surface area contributed by atoms with Gasteiger partial charge >= 0.3 is 0 Å². The highest BCUT2D eigenvalue weighted by Crippen LogP contribution is 2.30. The Hall–Kier alpha value is -3.56. The first-order valence-corrected chi connectivity index (χ1v) is 15.9. The van der Waals surface area contributed by atoms with E-state index in [9.17, 15) is 18.0 Å². The molecule has 2 amide bonds. The predicted octanol–water partition coefficient (Wildman–Crippen LogP) is 6.54. The van der Waals surface area contributed by atoms with Gasteiger partial charge in [0.25, 0.3) is 10.0 Å². The fourth-order valence-corrected chi connectivity index (χ4v) is 6.88. The van der Waals surface area contributed by atoms with Crippen molar-refractivity contribution in [1.29, 1.82) is 0 Å². The van der Waals surface area contributed by atoms with Gasteiger partial charge < -0.3 is 10.2 Å². The molecule has 0 spiro atoms. The van der Waals surface area contributed by atoms with Crippen molar-refractivity contribution in [1.82, 2.24) is 10.2 Å². The van der Waals surface area contributed by atoms with Crippen molar-refractivity contribution in [3.05, 3.63) is 129 Å². The lowest BCUT2D eigenvalue weighted by Gasteiger charge is -2.34. The molecule has 0 aliphatic rings. The molecule has 0 saturated carbocycles. The minimum absolute atomic E-state index is 0.0107. The first kappa shape index (κ1) is 32.4. The van der Waals surface area contributed by atoms with Crippen LogP contribution in [0.25, 0.3) is 0 Å². The molecule has 224 valence electrons. The summed E-state index contributed by atoms with van der Waals surface area (Å²) in [5, 5.41) is 3.80. The van der Waals surface area contributed by atoms with Gasteiger partial charge in [-0.2, -0.15) is 0 Å². The number of aryl methyl sites for hydroxylation is 1. The minimum Gasteiger partial charge on any atom is -0.357 e. The van der Waals surface area contributed by atoms with Gasteiger partial charge in [-0.3, -0.25) is 13.9 Å². The van der Waals surface area contributed by atoms with Gasteiger partial charge in [-0.15, -0.1) is 0 Å². The molecule has 0 fully saturated rings. The van der Waals surface area contributed by atoms with Crippen molar-refractivity contribution in [3.63, 3.8) is 0 Å². The van der Waals surface area contributed by atoms with Crippen molar-refractivity contribution < 1.29 is 18.0 Å². The van der Waals surface area contributed by atoms with E-state index in [0.717, 1.165) is 9.87 Å². The molecular weight excluding hydrogens is 629 g/mol. The average Bonchev–Trinajstić information content (AvgIpc) is 2.99. The standard InChI is InChI=1S/C32H30Cl3N3O4S/c1-22-17-25(33)15-16-29(22)38(43(41,42)27-11-7-4-8-12-27)21-31(39)37(20-24-13-14-26(34)19-28(24)35)30(32(40)36-2)18-23-9-5-3-6-10-23/h3-17,19,30H,18,20-21H2,1-2H3,(H,36,40)/t30-/m1/s1. The van der Waals surface area contributed by atoms with Crippen molar-refractivity contribution in [2.45, 2.75) is 30.8 Å². The normalized spacial score (nSPS) is 11.9. The molecule has 7 nitrogen and oxygen atoms in total. The molecule has 1 N–H and O–H groups in total. The van der Waals surface area contributed by atoms with Crippen LogP contribution in [0.1, 0.15) is 16.7 Å². The second kappa shape index (κ2) is 14.3. The minimum atomic E-state index is -4.22. The molecule has 0 aliphatic heterocycles. The number of hydrogen-bond acceptors (Lipinski definition) is 4. The summed E-state index contributed by atoms with van der Waals surface area (Å²) in [6.45, 7) is 1.05. The number of amides is 2. The van der Waals surface area contributed by atoms with Crippen LogP contribution in [0.3, 0.4) is 0 Å². The number of halogens is 3. The summed E-state index contributed by atoms with van der Waals surface area (Å²) >= 11 is 18.8. The van der Waals surface area contributed by atoms with E-state index in [0.29, 0.717) is 26.2 Å². The quantitative estimate of drug-likeness (QED) is 0.198. The third-order valence-electron chi connectivity index (χ3n) is 6.91. The molecule has 1 atom stereocenters. The van der Waals surface area contributed by atoms with E-state index in [2.05, 4.69) is 5.32 Å². The molecular formula is C32H30Cl3N3O4S. The Morgan fingerprint density at radius 3 is 2.05 bits per heavy atom. The van der Waals surface area contributed by atoms with E-state index >= 15 is 0 Å². The number of nitrogens with zero attached hydrogens (tertiary/aromatic N) is 2. The van der Waals surface area contributed by atoms with E-state index < -0.39 is 34.4 Å². The number of anilines is 1. The zero-order valence-electron chi connectivity index (χ0n) is 23.5. The maximum atomic E-state index is 14.4. The number of nitrogens with one attached hydrogen (secondary N) is 1. The van der Waals surface area contributed by atoms with Crippen molar-refractivity contribution in [2.24, 2.45) is 0 Å². The molecule has 0 bridgehead atoms. The second-order valence-corrected chi connectivity index (χ2v) is 13.0. The summed E-state index contributed by atoms with van der Waals surface area (Å²) in [6.07, 6.45) is 0.183. The molecule has 0 heterocycles. The Balaban J connectivity index is 1.82. The van der Waals surface area contributed by atoms with E-state index in [1.807, 2.05) is 30.3 Å². The van der Waals surface area contributed by atoms with Crippen molar-refractivity contribution in [3.8, 4) is 0 Å². The number of benzene rings is 4. The SMILES string of the molecule is CNC(=O)[C@@H](Cc1ccccc1)N(Cc1ccc(Cl)cc1Cl)C(=O)CN(c1ccc(Cl)cc1C)S(=O)(=O)c1ccccc1. The topological polar surface area (TPSA) is 86.8 Å². The molecule has 4 aromatic carbocycles. The van der Waals surface area contributed by atoms with Gasteiger partial charge in [0.05, 0.1) is 10.6 Å². The van der Waals surface area contributed by atoms with Gasteiger partial charge in [-0.05, 0) is 66.1 Å². The van der Waals surface area contributed by atoms with Crippen LogP contribution in [0.2, 0.25) is 15.1 Å². The highest BCUT2D eigenvalue weighted by Gasteiger charge is 2.35. The molecule has 4 aromatic rings. The molecule has 4 rings (SSSR count). The Labute approximate surface area is 267 Å². The number of carbonyl (C=O) groups is 2. The number of likely N-dealkylation sites (N-methyl/N-ethyl adjacent to an activating group) is 1. The van der Waals surface area contributed by atoms with Crippen LogP contribution in [0, 0.1) is 6.92 Å². The molecule has 43 heavy (non-hydrogen) atoms. The molecule has 0 aromatic heterocycles. The maximum absolute atomic E-state index is 14.4. The van der Waals surface area contributed by atoms with Crippen LogP contribution in [0.5, 0.6) is 0 Å². The Morgan fingerprint density at radius 2 is 1.44 bits per heavy atom. The highest BCUT2D eigenvalue weighted by molar-refractivity contribution is 7.92. The monoisotopic (exact) mass is 657 g/mol. The van der Waals surface area contributed by atoms with Gasteiger partial charge in [-0.1, -0.05) is 89.4 Å². The lowest BCUT2D eigenvalue weighted by molar-refractivity contribution is -0.139. The molecule has 0 radical (unpaired) electrons. The first-order valence-electron chi connectivity index (χ1n) is 13.3. The highest BCUT2D eigenvalue weighted by atomic mass is 35.5. The van der Waals surface area contributed by atoms with Crippen LogP contribution in [-0.4, -0.2) is 44.8 Å². The number of carbonyl (C=O) groups excluding carboxylic acids is 2. The average molecular weight is 659 g/mol. The fourth-order valence-electron chi connectivity index (χ4n) is 4.69. The summed E-state index contributed by atoms with van der Waals surface area (Å²) in [4.78, 5) is 29.1. The van der Waals surface area contributed by atoms with E-state index in [1.165, 1.54) is 24.1 Å². The van der Waals surface area contributed by atoms with Crippen molar-refractivity contribution >= 4 is 62.3 Å². The number of sulfonamides is 1. The Morgan fingerprint density at radius 1 is 0.837 bits per heavy atom. The van der Waals surface area contributed by atoms with Gasteiger partial charge in [0, 0.05) is 35.1 Å². The summed E-state index contributed by atoms with van der Waals surface area (Å²) in [5.41, 5.74) is 2.20. The third kappa shape index (κ3) is 7.89. The first-order chi connectivity index (χ1) is 20.5. The van der Waals surface area contributed by atoms with Crippen molar-refractivity contribution in [2.75, 3.05) is 17.9 Å². The number of hydrogen-bond donors (Lipinski definition) is 1. The lowest BCUT2D eigenvalue weighted by atomic mass is 10.0. The predicted molar refractivity (Wildman–Crippen MR) is 172 cm³/mol. The summed E-state index contributed by atoms with van der Waals surface area (Å²) in [7, 11) is -2.73. The summed E-state index contributed by atoms with van der Waals surface area (Å²) < 4.78 is 29.1.